The number of carbonyl (C=O) groups is 2. The quantitative estimate of drug-likeness (QED) is 0.819. The van der Waals surface area contributed by atoms with Gasteiger partial charge in [-0.3, -0.25) is 19.3 Å². The summed E-state index contributed by atoms with van der Waals surface area (Å²) in [5, 5.41) is 9.12. The van der Waals surface area contributed by atoms with Gasteiger partial charge in [-0.05, 0) is 12.1 Å². The Morgan fingerprint density at radius 2 is 2.05 bits per heavy atom. The summed E-state index contributed by atoms with van der Waals surface area (Å²) in [6, 6.07) is 3.31. The van der Waals surface area contributed by atoms with E-state index in [1.807, 2.05) is 0 Å². The summed E-state index contributed by atoms with van der Waals surface area (Å²) in [5.41, 5.74) is 0.889. The Kier molecular flexibility index (Phi) is 4.50. The molecule has 2 heterocycles. The second-order valence-corrected chi connectivity index (χ2v) is 4.19. The van der Waals surface area contributed by atoms with E-state index in [4.69, 9.17) is 4.74 Å². The molecule has 0 saturated heterocycles. The van der Waals surface area contributed by atoms with Gasteiger partial charge >= 0.3 is 0 Å². The van der Waals surface area contributed by atoms with Crippen molar-refractivity contribution in [3.63, 3.8) is 0 Å². The first-order chi connectivity index (χ1) is 10.1. The van der Waals surface area contributed by atoms with Crippen molar-refractivity contribution in [2.45, 2.75) is 0 Å². The smallest absolute Gasteiger partial charge is 0.258 e. The summed E-state index contributed by atoms with van der Waals surface area (Å²) < 4.78 is 6.45. The number of nitrogens with one attached hydrogen (secondary N) is 2. The Hall–Kier alpha value is -2.90. The van der Waals surface area contributed by atoms with Crippen molar-refractivity contribution in [1.82, 2.24) is 20.1 Å². The lowest BCUT2D eigenvalue weighted by atomic mass is 10.3. The van der Waals surface area contributed by atoms with Crippen LogP contribution in [0, 0.1) is 0 Å². The van der Waals surface area contributed by atoms with Crippen molar-refractivity contribution in [3.8, 4) is 5.88 Å². The maximum atomic E-state index is 12.0. The Bertz CT molecular complexity index is 639. The molecule has 21 heavy (non-hydrogen) atoms. The topological polar surface area (TPSA) is 98.1 Å². The SMILES string of the molecule is COc1nn(C)cc1C(=O)NCC(=O)Nc1ccncc1. The number of ether oxygens (including phenoxy) is 1. The molecule has 0 aliphatic carbocycles. The summed E-state index contributed by atoms with van der Waals surface area (Å²) >= 11 is 0. The molecule has 2 aromatic rings. The maximum absolute atomic E-state index is 12.0. The van der Waals surface area contributed by atoms with Crippen LogP contribution in [0.2, 0.25) is 0 Å². The Morgan fingerprint density at radius 3 is 2.71 bits per heavy atom. The Labute approximate surface area is 121 Å². The van der Waals surface area contributed by atoms with E-state index in [0.29, 0.717) is 5.69 Å². The number of hydrogen-bond acceptors (Lipinski definition) is 5. The highest BCUT2D eigenvalue weighted by atomic mass is 16.5. The molecule has 0 bridgehead atoms. The van der Waals surface area contributed by atoms with Crippen LogP contribution in [0.5, 0.6) is 5.88 Å². The third-order valence-electron chi connectivity index (χ3n) is 2.61. The summed E-state index contributed by atoms with van der Waals surface area (Å²) in [6.45, 7) is -0.154. The first-order valence-electron chi connectivity index (χ1n) is 6.16. The standard InChI is InChI=1S/C13H15N5O3/c1-18-8-10(13(17-18)21-2)12(20)15-7-11(19)16-9-3-5-14-6-4-9/h3-6,8H,7H2,1-2H3,(H,15,20)(H,14,16,19). The molecule has 0 aromatic carbocycles. The number of aryl methyl sites for hydroxylation is 1. The van der Waals surface area contributed by atoms with Crippen LogP contribution in [0.1, 0.15) is 10.4 Å². The first-order valence-corrected chi connectivity index (χ1v) is 6.16. The molecule has 8 nitrogen and oxygen atoms in total. The second kappa shape index (κ2) is 6.51. The van der Waals surface area contributed by atoms with Gasteiger partial charge in [-0.15, -0.1) is 5.10 Å². The van der Waals surface area contributed by atoms with Gasteiger partial charge < -0.3 is 15.4 Å². The van der Waals surface area contributed by atoms with E-state index >= 15 is 0 Å². The van der Waals surface area contributed by atoms with Crippen molar-refractivity contribution in [1.29, 1.82) is 0 Å². The molecule has 2 amide bonds. The van der Waals surface area contributed by atoms with Gasteiger partial charge in [0, 0.05) is 31.3 Å². The highest BCUT2D eigenvalue weighted by molar-refractivity contribution is 6.00. The number of nitrogens with zero attached hydrogens (tertiary/aromatic N) is 3. The monoisotopic (exact) mass is 289 g/mol. The second-order valence-electron chi connectivity index (χ2n) is 4.19. The van der Waals surface area contributed by atoms with Crippen molar-refractivity contribution in [2.75, 3.05) is 19.0 Å². The first kappa shape index (κ1) is 14.5. The number of methoxy groups -OCH3 is 1. The number of pyridine rings is 1. The highest BCUT2D eigenvalue weighted by Gasteiger charge is 2.16. The summed E-state index contributed by atoms with van der Waals surface area (Å²) in [4.78, 5) is 27.5. The van der Waals surface area contributed by atoms with E-state index in [9.17, 15) is 9.59 Å². The van der Waals surface area contributed by atoms with Crippen LogP contribution in [-0.4, -0.2) is 40.2 Å². The molecule has 2 aromatic heterocycles. The van der Waals surface area contributed by atoms with Gasteiger partial charge in [0.05, 0.1) is 13.7 Å². The summed E-state index contributed by atoms with van der Waals surface area (Å²) in [7, 11) is 3.10. The zero-order valence-electron chi connectivity index (χ0n) is 11.7. The van der Waals surface area contributed by atoms with Crippen LogP contribution >= 0.6 is 0 Å². The van der Waals surface area contributed by atoms with E-state index in [1.54, 1.807) is 31.6 Å². The summed E-state index contributed by atoms with van der Waals surface area (Å²) in [6.07, 6.45) is 4.65. The van der Waals surface area contributed by atoms with Gasteiger partial charge in [-0.2, -0.15) is 0 Å². The van der Waals surface area contributed by atoms with Gasteiger partial charge in [0.2, 0.25) is 11.8 Å². The van der Waals surface area contributed by atoms with E-state index in [-0.39, 0.29) is 23.9 Å². The van der Waals surface area contributed by atoms with E-state index < -0.39 is 5.91 Å². The number of carbonyl (C=O) groups excluding carboxylic acids is 2. The molecule has 2 rings (SSSR count). The lowest BCUT2D eigenvalue weighted by molar-refractivity contribution is -0.115. The van der Waals surface area contributed by atoms with Gasteiger partial charge in [-0.1, -0.05) is 0 Å². The molecule has 0 fully saturated rings. The average molecular weight is 289 g/mol. The minimum absolute atomic E-state index is 0.154. The molecular formula is C13H15N5O3. The minimum Gasteiger partial charge on any atom is -0.479 e. The Balaban J connectivity index is 1.90. The van der Waals surface area contributed by atoms with Gasteiger partial charge in [-0.25, -0.2) is 0 Å². The number of anilines is 1. The maximum Gasteiger partial charge on any atom is 0.258 e. The molecule has 0 aliphatic rings. The molecule has 0 saturated carbocycles. The normalized spacial score (nSPS) is 10.0. The number of hydrogen-bond donors (Lipinski definition) is 2. The average Bonchev–Trinajstić information content (AvgIpc) is 2.87. The number of rotatable bonds is 5. The fourth-order valence-corrected chi connectivity index (χ4v) is 1.67. The predicted octanol–water partition coefficient (Wildman–Crippen LogP) is 0.192. The molecule has 8 heteroatoms. The molecule has 0 atom stereocenters. The van der Waals surface area contributed by atoms with Crippen molar-refractivity contribution >= 4 is 17.5 Å². The molecule has 0 aliphatic heterocycles. The highest BCUT2D eigenvalue weighted by Crippen LogP contribution is 2.14. The molecule has 0 unspecified atom stereocenters. The van der Waals surface area contributed by atoms with Crippen LogP contribution < -0.4 is 15.4 Å². The van der Waals surface area contributed by atoms with Crippen LogP contribution in [0.4, 0.5) is 5.69 Å². The van der Waals surface area contributed by atoms with Crippen molar-refractivity contribution in [2.24, 2.45) is 7.05 Å². The molecule has 110 valence electrons. The minimum atomic E-state index is -0.426. The van der Waals surface area contributed by atoms with Crippen molar-refractivity contribution < 1.29 is 14.3 Å². The van der Waals surface area contributed by atoms with Crippen LogP contribution in [0.3, 0.4) is 0 Å². The predicted molar refractivity (Wildman–Crippen MR) is 75.0 cm³/mol. The molecule has 0 radical (unpaired) electrons. The van der Waals surface area contributed by atoms with E-state index in [1.165, 1.54) is 18.0 Å². The number of aromatic nitrogens is 3. The fraction of sp³-hybridized carbons (Fsp3) is 0.231. The largest absolute Gasteiger partial charge is 0.479 e. The van der Waals surface area contributed by atoms with E-state index in [0.717, 1.165) is 0 Å². The van der Waals surface area contributed by atoms with Gasteiger partial charge in [0.15, 0.2) is 0 Å². The van der Waals surface area contributed by atoms with E-state index in [2.05, 4.69) is 20.7 Å². The lowest BCUT2D eigenvalue weighted by Gasteiger charge is -2.06. The molecular weight excluding hydrogens is 274 g/mol. The number of amides is 2. The van der Waals surface area contributed by atoms with Gasteiger partial charge in [0.1, 0.15) is 5.56 Å². The summed E-state index contributed by atoms with van der Waals surface area (Å²) in [5.74, 6) is -0.549. The lowest BCUT2D eigenvalue weighted by Crippen LogP contribution is -2.32. The van der Waals surface area contributed by atoms with Crippen LogP contribution in [-0.2, 0) is 11.8 Å². The third-order valence-corrected chi connectivity index (χ3v) is 2.61. The van der Waals surface area contributed by atoms with Crippen molar-refractivity contribution in [3.05, 3.63) is 36.3 Å². The zero-order chi connectivity index (χ0) is 15.2. The zero-order valence-corrected chi connectivity index (χ0v) is 11.7. The molecule has 0 spiro atoms. The van der Waals surface area contributed by atoms with Crippen LogP contribution in [0.15, 0.2) is 30.7 Å². The van der Waals surface area contributed by atoms with Gasteiger partial charge in [0.25, 0.3) is 5.91 Å². The fourth-order valence-electron chi connectivity index (χ4n) is 1.67. The Morgan fingerprint density at radius 1 is 1.33 bits per heavy atom. The van der Waals surface area contributed by atoms with Crippen LogP contribution in [0.25, 0.3) is 0 Å². The molecule has 2 N–H and O–H groups in total. The third kappa shape index (κ3) is 3.78.